The van der Waals surface area contributed by atoms with E-state index in [1.165, 1.54) is 0 Å². The molecule has 0 unspecified atom stereocenters. The van der Waals surface area contributed by atoms with Gasteiger partial charge in [0, 0.05) is 31.0 Å². The van der Waals surface area contributed by atoms with Crippen molar-refractivity contribution in [1.82, 2.24) is 5.32 Å². The zero-order chi connectivity index (χ0) is 13.7. The first-order valence-corrected chi connectivity index (χ1v) is 6.64. The number of carbonyl (C=O) groups is 1. The minimum Gasteiger partial charge on any atom is -0.381 e. The van der Waals surface area contributed by atoms with Crippen LogP contribution in [0.3, 0.4) is 0 Å². The lowest BCUT2D eigenvalue weighted by Crippen LogP contribution is -2.32. The van der Waals surface area contributed by atoms with Crippen LogP contribution in [0.1, 0.15) is 28.8 Å². The number of benzene rings is 1. The minimum absolute atomic E-state index is 0.0208. The summed E-state index contributed by atoms with van der Waals surface area (Å²) in [7, 11) is 0. The fraction of sp³-hybridized carbons (Fsp3) is 0.500. The Bertz CT molecular complexity index is 442. The van der Waals surface area contributed by atoms with Gasteiger partial charge in [0.25, 0.3) is 5.91 Å². The van der Waals surface area contributed by atoms with Crippen LogP contribution in [-0.2, 0) is 4.74 Å². The lowest BCUT2D eigenvalue weighted by molar-refractivity contribution is 0.0642. The number of rotatable bonds is 4. The van der Waals surface area contributed by atoms with Gasteiger partial charge in [-0.1, -0.05) is 0 Å². The standard InChI is InChI=1S/C14H21N3O2/c1-10-8-12(17-15)2-3-13(10)14(18)16-9-11-4-6-19-7-5-11/h2-3,8,11,17H,4-7,9,15H2,1H3,(H,16,18). The first kappa shape index (κ1) is 13.8. The molecule has 1 amide bonds. The van der Waals surface area contributed by atoms with Gasteiger partial charge in [-0.3, -0.25) is 10.6 Å². The highest BCUT2D eigenvalue weighted by molar-refractivity contribution is 5.96. The molecule has 0 radical (unpaired) electrons. The number of hydrogen-bond donors (Lipinski definition) is 3. The first-order chi connectivity index (χ1) is 9.20. The molecule has 5 nitrogen and oxygen atoms in total. The number of nitrogen functional groups attached to an aromatic ring is 1. The zero-order valence-corrected chi connectivity index (χ0v) is 11.2. The summed E-state index contributed by atoms with van der Waals surface area (Å²) in [6.07, 6.45) is 2.05. The van der Waals surface area contributed by atoms with E-state index in [0.29, 0.717) is 11.5 Å². The van der Waals surface area contributed by atoms with Crippen molar-refractivity contribution in [3.8, 4) is 0 Å². The highest BCUT2D eigenvalue weighted by atomic mass is 16.5. The molecule has 1 fully saturated rings. The molecular formula is C14H21N3O2. The normalized spacial score (nSPS) is 16.1. The first-order valence-electron chi connectivity index (χ1n) is 6.64. The van der Waals surface area contributed by atoms with E-state index in [0.717, 1.165) is 43.9 Å². The Morgan fingerprint density at radius 1 is 1.42 bits per heavy atom. The van der Waals surface area contributed by atoms with E-state index in [1.807, 2.05) is 13.0 Å². The van der Waals surface area contributed by atoms with E-state index in [4.69, 9.17) is 10.6 Å². The molecule has 5 heteroatoms. The molecule has 0 saturated carbocycles. The molecule has 1 saturated heterocycles. The van der Waals surface area contributed by atoms with Crippen molar-refractivity contribution < 1.29 is 9.53 Å². The Morgan fingerprint density at radius 3 is 2.79 bits per heavy atom. The van der Waals surface area contributed by atoms with E-state index in [9.17, 15) is 4.79 Å². The minimum atomic E-state index is -0.0208. The van der Waals surface area contributed by atoms with Crippen LogP contribution in [0, 0.1) is 12.8 Å². The van der Waals surface area contributed by atoms with Gasteiger partial charge in [0.2, 0.25) is 0 Å². The Balaban J connectivity index is 1.92. The summed E-state index contributed by atoms with van der Waals surface area (Å²) in [5.74, 6) is 5.85. The molecule has 0 spiro atoms. The molecule has 0 aromatic heterocycles. The predicted octanol–water partition coefficient (Wildman–Crippen LogP) is 1.44. The lowest BCUT2D eigenvalue weighted by atomic mass is 10.00. The topological polar surface area (TPSA) is 76.4 Å². The molecule has 4 N–H and O–H groups in total. The van der Waals surface area contributed by atoms with Crippen molar-refractivity contribution >= 4 is 11.6 Å². The van der Waals surface area contributed by atoms with Crippen molar-refractivity contribution in [3.05, 3.63) is 29.3 Å². The van der Waals surface area contributed by atoms with Gasteiger partial charge in [0.1, 0.15) is 0 Å². The van der Waals surface area contributed by atoms with Gasteiger partial charge in [-0.15, -0.1) is 0 Å². The molecule has 19 heavy (non-hydrogen) atoms. The number of carbonyl (C=O) groups excluding carboxylic acids is 1. The predicted molar refractivity (Wildman–Crippen MR) is 74.9 cm³/mol. The summed E-state index contributed by atoms with van der Waals surface area (Å²) in [6.45, 7) is 4.23. The second-order valence-corrected chi connectivity index (χ2v) is 4.94. The van der Waals surface area contributed by atoms with E-state index < -0.39 is 0 Å². The van der Waals surface area contributed by atoms with Crippen LogP contribution in [0.15, 0.2) is 18.2 Å². The zero-order valence-electron chi connectivity index (χ0n) is 11.2. The van der Waals surface area contributed by atoms with Gasteiger partial charge in [-0.05, 0) is 49.4 Å². The van der Waals surface area contributed by atoms with E-state index in [1.54, 1.807) is 12.1 Å². The van der Waals surface area contributed by atoms with Crippen molar-refractivity contribution in [2.45, 2.75) is 19.8 Å². The maximum Gasteiger partial charge on any atom is 0.251 e. The van der Waals surface area contributed by atoms with Crippen LogP contribution in [0.5, 0.6) is 0 Å². The summed E-state index contributed by atoms with van der Waals surface area (Å²) in [5.41, 5.74) is 4.99. The molecule has 1 aliphatic heterocycles. The maximum absolute atomic E-state index is 12.1. The molecular weight excluding hydrogens is 242 g/mol. The molecule has 1 aliphatic rings. The number of hydrogen-bond acceptors (Lipinski definition) is 4. The molecule has 1 aromatic rings. The van der Waals surface area contributed by atoms with Crippen LogP contribution in [0.4, 0.5) is 5.69 Å². The van der Waals surface area contributed by atoms with E-state index in [-0.39, 0.29) is 5.91 Å². The number of nitrogens with one attached hydrogen (secondary N) is 2. The Hall–Kier alpha value is -1.59. The molecule has 1 heterocycles. The van der Waals surface area contributed by atoms with Crippen molar-refractivity contribution in [1.29, 1.82) is 0 Å². The number of ether oxygens (including phenoxy) is 1. The number of amides is 1. The number of anilines is 1. The fourth-order valence-electron chi connectivity index (χ4n) is 2.29. The average Bonchev–Trinajstić information content (AvgIpc) is 2.45. The van der Waals surface area contributed by atoms with Crippen LogP contribution in [0.25, 0.3) is 0 Å². The average molecular weight is 263 g/mol. The van der Waals surface area contributed by atoms with Gasteiger partial charge < -0.3 is 15.5 Å². The Morgan fingerprint density at radius 2 is 2.16 bits per heavy atom. The van der Waals surface area contributed by atoms with E-state index in [2.05, 4.69) is 10.7 Å². The second kappa shape index (κ2) is 6.54. The third-order valence-corrected chi connectivity index (χ3v) is 3.53. The summed E-state index contributed by atoms with van der Waals surface area (Å²) < 4.78 is 5.30. The monoisotopic (exact) mass is 263 g/mol. The Labute approximate surface area is 113 Å². The number of nitrogens with two attached hydrogens (primary N) is 1. The van der Waals surface area contributed by atoms with Crippen LogP contribution in [0.2, 0.25) is 0 Å². The molecule has 0 atom stereocenters. The molecule has 2 rings (SSSR count). The van der Waals surface area contributed by atoms with Gasteiger partial charge in [0.15, 0.2) is 0 Å². The van der Waals surface area contributed by atoms with Gasteiger partial charge >= 0.3 is 0 Å². The Kier molecular flexibility index (Phi) is 4.76. The molecule has 1 aromatic carbocycles. The number of aryl methyl sites for hydroxylation is 1. The maximum atomic E-state index is 12.1. The van der Waals surface area contributed by atoms with Crippen molar-refractivity contribution in [3.63, 3.8) is 0 Å². The highest BCUT2D eigenvalue weighted by Crippen LogP contribution is 2.16. The van der Waals surface area contributed by atoms with Gasteiger partial charge in [0.05, 0.1) is 0 Å². The third kappa shape index (κ3) is 3.68. The van der Waals surface area contributed by atoms with Crippen molar-refractivity contribution in [2.75, 3.05) is 25.2 Å². The molecule has 0 aliphatic carbocycles. The van der Waals surface area contributed by atoms with Gasteiger partial charge in [-0.25, -0.2) is 0 Å². The van der Waals surface area contributed by atoms with Gasteiger partial charge in [-0.2, -0.15) is 0 Å². The summed E-state index contributed by atoms with van der Waals surface area (Å²) in [5, 5.41) is 3.00. The largest absolute Gasteiger partial charge is 0.381 e. The fourth-order valence-corrected chi connectivity index (χ4v) is 2.29. The summed E-state index contributed by atoms with van der Waals surface area (Å²) in [4.78, 5) is 12.1. The highest BCUT2D eigenvalue weighted by Gasteiger charge is 2.16. The quantitative estimate of drug-likeness (QED) is 0.567. The molecule has 0 bridgehead atoms. The SMILES string of the molecule is Cc1cc(NN)ccc1C(=O)NCC1CCOCC1. The lowest BCUT2D eigenvalue weighted by Gasteiger charge is -2.22. The van der Waals surface area contributed by atoms with Crippen LogP contribution in [-0.4, -0.2) is 25.7 Å². The third-order valence-electron chi connectivity index (χ3n) is 3.53. The smallest absolute Gasteiger partial charge is 0.251 e. The summed E-state index contributed by atoms with van der Waals surface area (Å²) >= 11 is 0. The molecule has 104 valence electrons. The second-order valence-electron chi connectivity index (χ2n) is 4.94. The van der Waals surface area contributed by atoms with Crippen LogP contribution < -0.4 is 16.6 Å². The van der Waals surface area contributed by atoms with Crippen molar-refractivity contribution in [2.24, 2.45) is 11.8 Å². The van der Waals surface area contributed by atoms with Crippen LogP contribution >= 0.6 is 0 Å². The summed E-state index contributed by atoms with van der Waals surface area (Å²) in [6, 6.07) is 5.46. The van der Waals surface area contributed by atoms with E-state index >= 15 is 0 Å². The number of hydrazine groups is 1.